The fourth-order valence-corrected chi connectivity index (χ4v) is 2.07. The van der Waals surface area contributed by atoms with E-state index in [0.29, 0.717) is 17.3 Å². The second-order valence-electron chi connectivity index (χ2n) is 6.95. The molecule has 0 radical (unpaired) electrons. The quantitative estimate of drug-likeness (QED) is 0.902. The van der Waals surface area contributed by atoms with Crippen LogP contribution in [0.15, 0.2) is 18.5 Å². The van der Waals surface area contributed by atoms with Gasteiger partial charge >= 0.3 is 6.09 Å². The van der Waals surface area contributed by atoms with Gasteiger partial charge < -0.3 is 15.8 Å². The molecule has 0 aliphatic rings. The molecule has 0 spiro atoms. The Balaban J connectivity index is 2.07. The number of fused-ring (bicyclic) bond motifs is 1. The zero-order valence-corrected chi connectivity index (χ0v) is 14.3. The predicted molar refractivity (Wildman–Crippen MR) is 87.8 cm³/mol. The number of carbonyl (C=O) groups excluding carboxylic acids is 1. The van der Waals surface area contributed by atoms with Crippen LogP contribution in [0.4, 0.5) is 4.79 Å². The van der Waals surface area contributed by atoms with Gasteiger partial charge in [-0.2, -0.15) is 5.10 Å². The third-order valence-corrected chi connectivity index (χ3v) is 3.31. The number of imidazole rings is 1. The molecule has 2 aromatic rings. The standard InChI is InChI=1S/C16H25N5O2/c1-10(2)14(17)11-6-13-20-12(9-21(13)19-7-11)8-18-15(22)23-16(3,4)5/h6-7,9-10,14H,8,17H2,1-5H3,(H,18,22). The summed E-state index contributed by atoms with van der Waals surface area (Å²) in [4.78, 5) is 16.1. The Morgan fingerprint density at radius 1 is 1.43 bits per heavy atom. The number of nitrogens with one attached hydrogen (secondary N) is 1. The topological polar surface area (TPSA) is 94.5 Å². The van der Waals surface area contributed by atoms with Crippen LogP contribution in [0.1, 0.15) is 51.9 Å². The highest BCUT2D eigenvalue weighted by atomic mass is 16.6. The first-order valence-electron chi connectivity index (χ1n) is 7.72. The number of hydrogen-bond donors (Lipinski definition) is 2. The van der Waals surface area contributed by atoms with Crippen LogP contribution in [0.2, 0.25) is 0 Å². The average Bonchev–Trinajstić information content (AvgIpc) is 2.84. The molecular formula is C16H25N5O2. The van der Waals surface area contributed by atoms with Crippen LogP contribution in [-0.4, -0.2) is 26.3 Å². The summed E-state index contributed by atoms with van der Waals surface area (Å²) < 4.78 is 6.86. The smallest absolute Gasteiger partial charge is 0.407 e. The summed E-state index contributed by atoms with van der Waals surface area (Å²) in [6.45, 7) is 9.87. The summed E-state index contributed by atoms with van der Waals surface area (Å²) in [5, 5.41) is 7.00. The first kappa shape index (κ1) is 17.2. The van der Waals surface area contributed by atoms with Crippen molar-refractivity contribution in [1.29, 1.82) is 0 Å². The minimum atomic E-state index is -0.521. The molecule has 0 saturated carbocycles. The molecule has 0 fully saturated rings. The summed E-state index contributed by atoms with van der Waals surface area (Å²) in [6, 6.07) is 1.85. The number of nitrogens with two attached hydrogens (primary N) is 1. The first-order chi connectivity index (χ1) is 10.7. The van der Waals surface area contributed by atoms with Gasteiger partial charge in [-0.25, -0.2) is 14.3 Å². The Hall–Kier alpha value is -2.15. The van der Waals surface area contributed by atoms with E-state index in [-0.39, 0.29) is 12.6 Å². The summed E-state index contributed by atoms with van der Waals surface area (Å²) in [5.41, 5.74) is 7.98. The molecule has 7 heteroatoms. The Morgan fingerprint density at radius 3 is 2.74 bits per heavy atom. The Morgan fingerprint density at radius 2 is 2.13 bits per heavy atom. The summed E-state index contributed by atoms with van der Waals surface area (Å²) in [6.07, 6.45) is 3.06. The lowest BCUT2D eigenvalue weighted by Crippen LogP contribution is -2.32. The molecule has 0 bridgehead atoms. The maximum Gasteiger partial charge on any atom is 0.407 e. The highest BCUT2D eigenvalue weighted by Crippen LogP contribution is 2.19. The van der Waals surface area contributed by atoms with Gasteiger partial charge in [0.05, 0.1) is 24.6 Å². The van der Waals surface area contributed by atoms with E-state index < -0.39 is 11.7 Å². The number of alkyl carbamates (subject to hydrolysis) is 1. The van der Waals surface area contributed by atoms with Crippen molar-refractivity contribution in [3.8, 4) is 0 Å². The van der Waals surface area contributed by atoms with E-state index in [2.05, 4.69) is 29.2 Å². The van der Waals surface area contributed by atoms with Crippen LogP contribution in [0.3, 0.4) is 0 Å². The van der Waals surface area contributed by atoms with Crippen molar-refractivity contribution in [2.75, 3.05) is 0 Å². The lowest BCUT2D eigenvalue weighted by atomic mass is 9.99. The second-order valence-corrected chi connectivity index (χ2v) is 6.95. The van der Waals surface area contributed by atoms with Crippen LogP contribution < -0.4 is 11.1 Å². The number of rotatable bonds is 4. The van der Waals surface area contributed by atoms with E-state index >= 15 is 0 Å². The minimum absolute atomic E-state index is 0.0764. The summed E-state index contributed by atoms with van der Waals surface area (Å²) in [5.74, 6) is 0.322. The van der Waals surface area contributed by atoms with E-state index in [4.69, 9.17) is 10.5 Å². The van der Waals surface area contributed by atoms with Crippen molar-refractivity contribution < 1.29 is 9.53 Å². The molecule has 7 nitrogen and oxygen atoms in total. The highest BCUT2D eigenvalue weighted by molar-refractivity contribution is 5.67. The SMILES string of the molecule is CC(C)C(N)c1cnn2cc(CNC(=O)OC(C)(C)C)nc2c1. The first-order valence-corrected chi connectivity index (χ1v) is 7.72. The number of nitrogens with zero attached hydrogens (tertiary/aromatic N) is 3. The van der Waals surface area contributed by atoms with Gasteiger partial charge in [-0.05, 0) is 38.3 Å². The Kier molecular flexibility index (Phi) is 4.89. The zero-order valence-electron chi connectivity index (χ0n) is 14.3. The van der Waals surface area contributed by atoms with E-state index in [1.54, 1.807) is 16.9 Å². The van der Waals surface area contributed by atoms with Crippen molar-refractivity contribution >= 4 is 11.7 Å². The maximum absolute atomic E-state index is 11.7. The highest BCUT2D eigenvalue weighted by Gasteiger charge is 2.16. The fourth-order valence-electron chi connectivity index (χ4n) is 2.07. The van der Waals surface area contributed by atoms with Crippen molar-refractivity contribution in [2.45, 2.75) is 52.8 Å². The van der Waals surface area contributed by atoms with Crippen LogP contribution >= 0.6 is 0 Å². The van der Waals surface area contributed by atoms with Gasteiger partial charge in [-0.15, -0.1) is 0 Å². The van der Waals surface area contributed by atoms with E-state index in [1.807, 2.05) is 26.8 Å². The van der Waals surface area contributed by atoms with E-state index in [0.717, 1.165) is 5.56 Å². The summed E-state index contributed by atoms with van der Waals surface area (Å²) >= 11 is 0. The molecule has 2 aromatic heterocycles. The average molecular weight is 319 g/mol. The van der Waals surface area contributed by atoms with Crippen LogP contribution in [0.5, 0.6) is 0 Å². The van der Waals surface area contributed by atoms with Gasteiger partial charge in [0, 0.05) is 6.04 Å². The molecule has 0 saturated heterocycles. The predicted octanol–water partition coefficient (Wildman–Crippen LogP) is 2.41. The summed E-state index contributed by atoms with van der Waals surface area (Å²) in [7, 11) is 0. The lowest BCUT2D eigenvalue weighted by molar-refractivity contribution is 0.0523. The van der Waals surface area contributed by atoms with Gasteiger partial charge in [0.2, 0.25) is 0 Å². The van der Waals surface area contributed by atoms with Crippen molar-refractivity contribution in [1.82, 2.24) is 19.9 Å². The number of aromatic nitrogens is 3. The Bertz CT molecular complexity index is 687. The van der Waals surface area contributed by atoms with Gasteiger partial charge in [-0.1, -0.05) is 13.8 Å². The number of ether oxygens (including phenoxy) is 1. The van der Waals surface area contributed by atoms with Crippen LogP contribution in [0, 0.1) is 5.92 Å². The molecule has 0 aromatic carbocycles. The second kappa shape index (κ2) is 6.54. The molecule has 3 N–H and O–H groups in total. The molecule has 1 unspecified atom stereocenters. The molecule has 2 heterocycles. The molecule has 2 rings (SSSR count). The fraction of sp³-hybridized carbons (Fsp3) is 0.562. The molecule has 23 heavy (non-hydrogen) atoms. The molecule has 1 amide bonds. The largest absolute Gasteiger partial charge is 0.444 e. The number of hydrogen-bond acceptors (Lipinski definition) is 5. The molecular weight excluding hydrogens is 294 g/mol. The van der Waals surface area contributed by atoms with Gasteiger partial charge in [0.15, 0.2) is 5.65 Å². The monoisotopic (exact) mass is 319 g/mol. The van der Waals surface area contributed by atoms with Gasteiger partial charge in [-0.3, -0.25) is 0 Å². The molecule has 126 valence electrons. The maximum atomic E-state index is 11.7. The van der Waals surface area contributed by atoms with Crippen LogP contribution in [-0.2, 0) is 11.3 Å². The normalized spacial score (nSPS) is 13.3. The minimum Gasteiger partial charge on any atom is -0.444 e. The van der Waals surface area contributed by atoms with Crippen molar-refractivity contribution in [2.24, 2.45) is 11.7 Å². The van der Waals surface area contributed by atoms with Crippen molar-refractivity contribution in [3.63, 3.8) is 0 Å². The van der Waals surface area contributed by atoms with Crippen LogP contribution in [0.25, 0.3) is 5.65 Å². The third kappa shape index (κ3) is 4.66. The third-order valence-electron chi connectivity index (χ3n) is 3.31. The van der Waals surface area contributed by atoms with E-state index in [1.165, 1.54) is 0 Å². The number of carbonyl (C=O) groups is 1. The van der Waals surface area contributed by atoms with Gasteiger partial charge in [0.25, 0.3) is 0 Å². The van der Waals surface area contributed by atoms with Gasteiger partial charge in [0.1, 0.15) is 5.60 Å². The zero-order chi connectivity index (χ0) is 17.2. The Labute approximate surface area is 136 Å². The lowest BCUT2D eigenvalue weighted by Gasteiger charge is -2.19. The van der Waals surface area contributed by atoms with E-state index in [9.17, 15) is 4.79 Å². The van der Waals surface area contributed by atoms with Crippen molar-refractivity contribution in [3.05, 3.63) is 29.7 Å². The molecule has 1 atom stereocenters. The number of amides is 1. The molecule has 0 aliphatic carbocycles. The molecule has 0 aliphatic heterocycles.